The van der Waals surface area contributed by atoms with Gasteiger partial charge in [-0.2, -0.15) is 0 Å². The summed E-state index contributed by atoms with van der Waals surface area (Å²) < 4.78 is 5.70. The summed E-state index contributed by atoms with van der Waals surface area (Å²) in [5.74, 6) is 0. The van der Waals surface area contributed by atoms with Gasteiger partial charge >= 0.3 is 0 Å². The molecule has 1 aliphatic heterocycles. The van der Waals surface area contributed by atoms with Gasteiger partial charge in [-0.15, -0.1) is 0 Å². The van der Waals surface area contributed by atoms with E-state index in [0.29, 0.717) is 6.04 Å². The van der Waals surface area contributed by atoms with Gasteiger partial charge in [0.15, 0.2) is 0 Å². The van der Waals surface area contributed by atoms with Gasteiger partial charge in [0.05, 0.1) is 5.60 Å². The lowest BCUT2D eigenvalue weighted by atomic mass is 9.92. The van der Waals surface area contributed by atoms with Gasteiger partial charge in [0.2, 0.25) is 0 Å². The highest BCUT2D eigenvalue weighted by molar-refractivity contribution is 4.95. The zero-order chi connectivity index (χ0) is 12.3. The number of hydrogen-bond acceptors (Lipinski definition) is 3. The van der Waals surface area contributed by atoms with Crippen molar-refractivity contribution in [1.29, 1.82) is 0 Å². The molecule has 3 unspecified atom stereocenters. The quantitative estimate of drug-likeness (QED) is 0.813. The van der Waals surface area contributed by atoms with Gasteiger partial charge in [0.25, 0.3) is 0 Å². The Bertz CT molecular complexity index is 246. The molecular weight excluding hydrogens is 212 g/mol. The van der Waals surface area contributed by atoms with Crippen LogP contribution in [0.25, 0.3) is 0 Å². The fourth-order valence-electron chi connectivity index (χ4n) is 3.57. The van der Waals surface area contributed by atoms with Gasteiger partial charge in [-0.05, 0) is 45.7 Å². The van der Waals surface area contributed by atoms with Gasteiger partial charge in [0, 0.05) is 25.7 Å². The van der Waals surface area contributed by atoms with Gasteiger partial charge in [-0.25, -0.2) is 0 Å². The smallest absolute Gasteiger partial charge is 0.0777 e. The number of ether oxygens (including phenoxy) is 1. The summed E-state index contributed by atoms with van der Waals surface area (Å²) in [6.45, 7) is 7.93. The molecule has 100 valence electrons. The number of likely N-dealkylation sites (N-methyl/N-ethyl adjacent to an activating group) is 1. The Morgan fingerprint density at radius 2 is 2.18 bits per heavy atom. The second kappa shape index (κ2) is 5.68. The molecule has 0 aromatic carbocycles. The Kier molecular flexibility index (Phi) is 4.45. The van der Waals surface area contributed by atoms with Crippen molar-refractivity contribution in [2.45, 2.75) is 63.6 Å². The lowest BCUT2D eigenvalue weighted by Gasteiger charge is -2.44. The number of nitrogens with zero attached hydrogens (tertiary/aromatic N) is 1. The minimum Gasteiger partial charge on any atom is -0.377 e. The van der Waals surface area contributed by atoms with Gasteiger partial charge < -0.3 is 10.1 Å². The van der Waals surface area contributed by atoms with Crippen LogP contribution in [0.15, 0.2) is 0 Å². The number of rotatable bonds is 4. The number of likely N-dealkylation sites (tertiary alicyclic amines) is 1. The molecule has 0 aromatic rings. The second-order valence-electron chi connectivity index (χ2n) is 5.89. The Morgan fingerprint density at radius 3 is 2.88 bits per heavy atom. The molecule has 0 radical (unpaired) electrons. The largest absolute Gasteiger partial charge is 0.377 e. The van der Waals surface area contributed by atoms with E-state index in [0.717, 1.165) is 19.1 Å². The fourth-order valence-corrected chi connectivity index (χ4v) is 3.57. The molecule has 3 heteroatoms. The fraction of sp³-hybridized carbons (Fsp3) is 1.00. The zero-order valence-electron chi connectivity index (χ0n) is 11.7. The van der Waals surface area contributed by atoms with E-state index in [1.807, 2.05) is 7.11 Å². The molecule has 0 amide bonds. The number of methoxy groups -OCH3 is 1. The SMILES string of the molecule is CCNC1CCCC1N1CCCC(C)(OC)C1. The van der Waals surface area contributed by atoms with Crippen LogP contribution in [0.4, 0.5) is 0 Å². The first-order valence-corrected chi connectivity index (χ1v) is 7.21. The molecule has 2 rings (SSSR count). The predicted molar refractivity (Wildman–Crippen MR) is 71.3 cm³/mol. The first-order chi connectivity index (χ1) is 8.18. The van der Waals surface area contributed by atoms with Crippen LogP contribution in [0.2, 0.25) is 0 Å². The van der Waals surface area contributed by atoms with Crippen LogP contribution in [0, 0.1) is 0 Å². The van der Waals surface area contributed by atoms with Crippen molar-refractivity contribution < 1.29 is 4.74 Å². The van der Waals surface area contributed by atoms with Crippen molar-refractivity contribution in [2.24, 2.45) is 0 Å². The van der Waals surface area contributed by atoms with Crippen molar-refractivity contribution in [3.05, 3.63) is 0 Å². The summed E-state index contributed by atoms with van der Waals surface area (Å²) in [7, 11) is 1.86. The maximum Gasteiger partial charge on any atom is 0.0777 e. The van der Waals surface area contributed by atoms with Crippen molar-refractivity contribution in [3.63, 3.8) is 0 Å². The number of hydrogen-bond donors (Lipinski definition) is 1. The first-order valence-electron chi connectivity index (χ1n) is 7.21. The molecule has 1 aliphatic carbocycles. The van der Waals surface area contributed by atoms with E-state index in [2.05, 4.69) is 24.1 Å². The lowest BCUT2D eigenvalue weighted by Crippen LogP contribution is -2.55. The molecule has 3 nitrogen and oxygen atoms in total. The third kappa shape index (κ3) is 3.01. The van der Waals surface area contributed by atoms with E-state index in [4.69, 9.17) is 4.74 Å². The van der Waals surface area contributed by atoms with Crippen LogP contribution >= 0.6 is 0 Å². The summed E-state index contributed by atoms with van der Waals surface area (Å²) in [6.07, 6.45) is 6.57. The number of nitrogens with one attached hydrogen (secondary N) is 1. The lowest BCUT2D eigenvalue weighted by molar-refractivity contribution is -0.0628. The Balaban J connectivity index is 1.96. The molecule has 1 saturated carbocycles. The summed E-state index contributed by atoms with van der Waals surface area (Å²) in [5, 5.41) is 3.65. The highest BCUT2D eigenvalue weighted by Crippen LogP contribution is 2.31. The highest BCUT2D eigenvalue weighted by Gasteiger charge is 2.38. The van der Waals surface area contributed by atoms with E-state index in [1.165, 1.54) is 38.6 Å². The minimum atomic E-state index is 0.0810. The van der Waals surface area contributed by atoms with Crippen LogP contribution in [-0.2, 0) is 4.74 Å². The van der Waals surface area contributed by atoms with E-state index in [1.54, 1.807) is 0 Å². The minimum absolute atomic E-state index is 0.0810. The van der Waals surface area contributed by atoms with E-state index >= 15 is 0 Å². The molecule has 2 fully saturated rings. The van der Waals surface area contributed by atoms with Crippen molar-refractivity contribution in [1.82, 2.24) is 10.2 Å². The molecule has 1 N–H and O–H groups in total. The van der Waals surface area contributed by atoms with E-state index in [9.17, 15) is 0 Å². The average molecular weight is 240 g/mol. The molecule has 0 spiro atoms. The molecule has 0 bridgehead atoms. The van der Waals surface area contributed by atoms with Gasteiger partial charge in [-0.1, -0.05) is 13.3 Å². The summed E-state index contributed by atoms with van der Waals surface area (Å²) >= 11 is 0. The monoisotopic (exact) mass is 240 g/mol. The van der Waals surface area contributed by atoms with Crippen LogP contribution in [-0.4, -0.2) is 49.3 Å². The van der Waals surface area contributed by atoms with Crippen molar-refractivity contribution >= 4 is 0 Å². The van der Waals surface area contributed by atoms with Crippen molar-refractivity contribution in [2.75, 3.05) is 26.7 Å². The van der Waals surface area contributed by atoms with E-state index < -0.39 is 0 Å². The maximum absolute atomic E-state index is 5.70. The molecule has 2 aliphatic rings. The molecule has 1 heterocycles. The third-order valence-corrected chi connectivity index (χ3v) is 4.60. The Hall–Kier alpha value is -0.120. The van der Waals surface area contributed by atoms with Crippen LogP contribution < -0.4 is 5.32 Å². The predicted octanol–water partition coefficient (Wildman–Crippen LogP) is 2.02. The molecule has 17 heavy (non-hydrogen) atoms. The molecule has 1 saturated heterocycles. The zero-order valence-corrected chi connectivity index (χ0v) is 11.7. The van der Waals surface area contributed by atoms with Gasteiger partial charge in [-0.3, -0.25) is 4.90 Å². The Labute approximate surface area is 106 Å². The first kappa shape index (κ1) is 13.3. The average Bonchev–Trinajstić information content (AvgIpc) is 2.78. The van der Waals surface area contributed by atoms with E-state index in [-0.39, 0.29) is 5.60 Å². The summed E-state index contributed by atoms with van der Waals surface area (Å²) in [4.78, 5) is 2.67. The number of piperidine rings is 1. The molecular formula is C14H28N2O. The highest BCUT2D eigenvalue weighted by atomic mass is 16.5. The maximum atomic E-state index is 5.70. The topological polar surface area (TPSA) is 24.5 Å². The second-order valence-corrected chi connectivity index (χ2v) is 5.89. The molecule has 3 atom stereocenters. The Morgan fingerprint density at radius 1 is 1.35 bits per heavy atom. The third-order valence-electron chi connectivity index (χ3n) is 4.60. The standard InChI is InChI=1S/C14H28N2O/c1-4-15-12-7-5-8-13(12)16-10-6-9-14(2,11-16)17-3/h12-13,15H,4-11H2,1-3H3. The summed E-state index contributed by atoms with van der Waals surface area (Å²) in [6, 6.07) is 1.45. The van der Waals surface area contributed by atoms with Crippen LogP contribution in [0.3, 0.4) is 0 Å². The summed E-state index contributed by atoms with van der Waals surface area (Å²) in [5.41, 5.74) is 0.0810. The normalized spacial score (nSPS) is 39.7. The van der Waals surface area contributed by atoms with Crippen LogP contribution in [0.1, 0.15) is 46.0 Å². The molecule has 0 aromatic heterocycles. The van der Waals surface area contributed by atoms with Crippen molar-refractivity contribution in [3.8, 4) is 0 Å². The van der Waals surface area contributed by atoms with Crippen LogP contribution in [0.5, 0.6) is 0 Å². The van der Waals surface area contributed by atoms with Gasteiger partial charge in [0.1, 0.15) is 0 Å².